The molecule has 0 bridgehead atoms. The summed E-state index contributed by atoms with van der Waals surface area (Å²) >= 11 is 0. The summed E-state index contributed by atoms with van der Waals surface area (Å²) in [6, 6.07) is 4.11. The van der Waals surface area contributed by atoms with Crippen LogP contribution >= 0.6 is 0 Å². The maximum atomic E-state index is 5.57. The molecule has 0 saturated carbocycles. The second-order valence-electron chi connectivity index (χ2n) is 6.59. The monoisotopic (exact) mass is 338 g/mol. The van der Waals surface area contributed by atoms with Crippen LogP contribution in [-0.2, 0) is 13.0 Å². The zero-order valence-electron chi connectivity index (χ0n) is 15.9. The van der Waals surface area contributed by atoms with Crippen LogP contribution in [0.4, 0.5) is 0 Å². The Hall–Kier alpha value is -2.43. The number of rotatable bonds is 5. The number of ether oxygens (including phenoxy) is 1. The lowest BCUT2D eigenvalue weighted by molar-refractivity contribution is 0.397. The van der Waals surface area contributed by atoms with E-state index in [0.717, 1.165) is 52.3 Å². The molecule has 3 rings (SSSR count). The molecule has 0 aliphatic carbocycles. The number of hydrogen-bond donors (Lipinski definition) is 0. The van der Waals surface area contributed by atoms with E-state index in [0.29, 0.717) is 11.8 Å². The number of hydrogen-bond acceptors (Lipinski definition) is 4. The zero-order chi connectivity index (χ0) is 18.1. The van der Waals surface area contributed by atoms with Crippen LogP contribution in [-0.4, -0.2) is 26.6 Å². The van der Waals surface area contributed by atoms with Gasteiger partial charge in [-0.05, 0) is 43.9 Å². The van der Waals surface area contributed by atoms with Gasteiger partial charge in [0, 0.05) is 18.4 Å². The summed E-state index contributed by atoms with van der Waals surface area (Å²) in [5.41, 5.74) is 6.79. The molecule has 0 aromatic carbocycles. The van der Waals surface area contributed by atoms with Gasteiger partial charge in [0.05, 0.1) is 24.1 Å². The quantitative estimate of drug-likeness (QED) is 0.686. The van der Waals surface area contributed by atoms with E-state index in [4.69, 9.17) is 14.7 Å². The molecular formula is C20H26N4O. The van der Waals surface area contributed by atoms with E-state index in [1.165, 1.54) is 0 Å². The Morgan fingerprint density at radius 1 is 1.12 bits per heavy atom. The first-order chi connectivity index (χ1) is 12.0. The van der Waals surface area contributed by atoms with Gasteiger partial charge in [0.15, 0.2) is 5.65 Å². The van der Waals surface area contributed by atoms with E-state index in [2.05, 4.69) is 62.5 Å². The summed E-state index contributed by atoms with van der Waals surface area (Å²) in [5, 5.41) is 0. The second kappa shape index (κ2) is 6.82. The largest absolute Gasteiger partial charge is 0.480 e. The Labute approximate surface area is 149 Å². The SMILES string of the molecule is CCc1nc2c(nc1-c1ccc(C(C)C)nc1OC)c(C)cn2CC. The minimum Gasteiger partial charge on any atom is -0.480 e. The average molecular weight is 338 g/mol. The third kappa shape index (κ3) is 2.99. The van der Waals surface area contributed by atoms with Gasteiger partial charge < -0.3 is 9.30 Å². The normalized spacial score (nSPS) is 11.5. The van der Waals surface area contributed by atoms with E-state index < -0.39 is 0 Å². The van der Waals surface area contributed by atoms with E-state index in [1.54, 1.807) is 7.11 Å². The summed E-state index contributed by atoms with van der Waals surface area (Å²) in [7, 11) is 1.66. The molecule has 25 heavy (non-hydrogen) atoms. The van der Waals surface area contributed by atoms with Crippen molar-refractivity contribution in [3.05, 3.63) is 35.3 Å². The van der Waals surface area contributed by atoms with Crippen molar-refractivity contribution in [2.75, 3.05) is 7.11 Å². The summed E-state index contributed by atoms with van der Waals surface area (Å²) in [6.45, 7) is 11.4. The predicted octanol–water partition coefficient (Wildman–Crippen LogP) is 4.52. The Balaban J connectivity index is 2.26. The van der Waals surface area contributed by atoms with Crippen molar-refractivity contribution in [1.29, 1.82) is 0 Å². The van der Waals surface area contributed by atoms with Gasteiger partial charge in [0.25, 0.3) is 0 Å². The summed E-state index contributed by atoms with van der Waals surface area (Å²) in [4.78, 5) is 14.5. The van der Waals surface area contributed by atoms with Crippen molar-refractivity contribution in [3.8, 4) is 17.1 Å². The number of methoxy groups -OCH3 is 1. The number of aromatic nitrogens is 4. The van der Waals surface area contributed by atoms with E-state index >= 15 is 0 Å². The molecule has 0 atom stereocenters. The van der Waals surface area contributed by atoms with Gasteiger partial charge in [-0.25, -0.2) is 15.0 Å². The van der Waals surface area contributed by atoms with Gasteiger partial charge in [-0.15, -0.1) is 0 Å². The van der Waals surface area contributed by atoms with Crippen molar-refractivity contribution in [3.63, 3.8) is 0 Å². The number of nitrogens with zero attached hydrogens (tertiary/aromatic N) is 4. The molecule has 5 nitrogen and oxygen atoms in total. The lowest BCUT2D eigenvalue weighted by atomic mass is 10.1. The van der Waals surface area contributed by atoms with E-state index in [-0.39, 0.29) is 0 Å². The maximum Gasteiger partial charge on any atom is 0.222 e. The minimum atomic E-state index is 0.350. The first-order valence-corrected chi connectivity index (χ1v) is 8.91. The lowest BCUT2D eigenvalue weighted by Gasteiger charge is -2.13. The lowest BCUT2D eigenvalue weighted by Crippen LogP contribution is -2.04. The van der Waals surface area contributed by atoms with E-state index in [9.17, 15) is 0 Å². The van der Waals surface area contributed by atoms with Crippen LogP contribution in [0.2, 0.25) is 0 Å². The van der Waals surface area contributed by atoms with Crippen LogP contribution in [0, 0.1) is 6.92 Å². The molecule has 0 radical (unpaired) electrons. The molecule has 0 aliphatic rings. The molecule has 0 amide bonds. The van der Waals surface area contributed by atoms with Crippen molar-refractivity contribution < 1.29 is 4.74 Å². The van der Waals surface area contributed by atoms with E-state index in [1.807, 2.05) is 0 Å². The Kier molecular flexibility index (Phi) is 4.75. The highest BCUT2D eigenvalue weighted by molar-refractivity contribution is 5.80. The maximum absolute atomic E-state index is 5.57. The fraction of sp³-hybridized carbons (Fsp3) is 0.450. The molecule has 0 saturated heterocycles. The highest BCUT2D eigenvalue weighted by atomic mass is 16.5. The Morgan fingerprint density at radius 3 is 2.48 bits per heavy atom. The molecule has 3 aromatic rings. The van der Waals surface area contributed by atoms with Crippen LogP contribution in [0.3, 0.4) is 0 Å². The van der Waals surface area contributed by atoms with Gasteiger partial charge in [-0.3, -0.25) is 0 Å². The van der Waals surface area contributed by atoms with Gasteiger partial charge in [-0.1, -0.05) is 20.8 Å². The fourth-order valence-corrected chi connectivity index (χ4v) is 3.10. The Bertz CT molecular complexity index is 912. The summed E-state index contributed by atoms with van der Waals surface area (Å²) in [6.07, 6.45) is 2.92. The molecule has 5 heteroatoms. The van der Waals surface area contributed by atoms with Crippen LogP contribution in [0.15, 0.2) is 18.3 Å². The third-order valence-electron chi connectivity index (χ3n) is 4.54. The minimum absolute atomic E-state index is 0.350. The molecule has 0 aliphatic heterocycles. The number of fused-ring (bicyclic) bond motifs is 1. The van der Waals surface area contributed by atoms with Gasteiger partial charge in [0.1, 0.15) is 5.52 Å². The third-order valence-corrected chi connectivity index (χ3v) is 4.54. The molecule has 3 heterocycles. The first kappa shape index (κ1) is 17.4. The molecule has 0 unspecified atom stereocenters. The number of aryl methyl sites for hydroxylation is 3. The Morgan fingerprint density at radius 2 is 1.88 bits per heavy atom. The molecule has 0 fully saturated rings. The highest BCUT2D eigenvalue weighted by Gasteiger charge is 2.18. The first-order valence-electron chi connectivity index (χ1n) is 8.91. The molecule has 132 valence electrons. The molecular weight excluding hydrogens is 312 g/mol. The van der Waals surface area contributed by atoms with Crippen LogP contribution < -0.4 is 4.74 Å². The molecule has 0 spiro atoms. The van der Waals surface area contributed by atoms with Gasteiger partial charge >= 0.3 is 0 Å². The zero-order valence-corrected chi connectivity index (χ0v) is 15.9. The van der Waals surface area contributed by atoms with Crippen LogP contribution in [0.1, 0.15) is 50.6 Å². The topological polar surface area (TPSA) is 52.8 Å². The van der Waals surface area contributed by atoms with Crippen molar-refractivity contribution >= 4 is 11.2 Å². The van der Waals surface area contributed by atoms with Crippen LogP contribution in [0.25, 0.3) is 22.4 Å². The van der Waals surface area contributed by atoms with Gasteiger partial charge in [0.2, 0.25) is 5.88 Å². The predicted molar refractivity (Wildman–Crippen MR) is 101 cm³/mol. The standard InChI is InChI=1S/C20H26N4O/c1-7-15-18(14-9-10-16(12(3)4)22-20(14)25-6)23-17-13(5)11-24(8-2)19(17)21-15/h9-12H,7-8H2,1-6H3. The number of pyridine rings is 1. The second-order valence-corrected chi connectivity index (χ2v) is 6.59. The fourth-order valence-electron chi connectivity index (χ4n) is 3.10. The smallest absolute Gasteiger partial charge is 0.222 e. The van der Waals surface area contributed by atoms with Crippen molar-refractivity contribution in [2.45, 2.75) is 53.5 Å². The average Bonchev–Trinajstić information content (AvgIpc) is 2.95. The molecule has 0 N–H and O–H groups in total. The summed E-state index contributed by atoms with van der Waals surface area (Å²) in [5.74, 6) is 0.963. The van der Waals surface area contributed by atoms with Crippen LogP contribution in [0.5, 0.6) is 5.88 Å². The molecule has 3 aromatic heterocycles. The summed E-state index contributed by atoms with van der Waals surface area (Å²) < 4.78 is 7.73. The highest BCUT2D eigenvalue weighted by Crippen LogP contribution is 2.32. The van der Waals surface area contributed by atoms with Crippen molar-refractivity contribution in [1.82, 2.24) is 19.5 Å². The van der Waals surface area contributed by atoms with Crippen molar-refractivity contribution in [2.24, 2.45) is 0 Å². The van der Waals surface area contributed by atoms with Gasteiger partial charge in [-0.2, -0.15) is 0 Å².